The molecule has 0 radical (unpaired) electrons. The topological polar surface area (TPSA) is 39.1 Å². The number of nitrogens with zero attached hydrogens (tertiary/aromatic N) is 2. The lowest BCUT2D eigenvalue weighted by molar-refractivity contribution is 0.210. The molecule has 1 heterocycles. The van der Waals surface area contributed by atoms with Gasteiger partial charge in [-0.2, -0.15) is 11.8 Å². The molecular weight excluding hydrogens is 222 g/mol. The van der Waals surface area contributed by atoms with Crippen LogP contribution in [0, 0.1) is 5.92 Å². The average Bonchev–Trinajstić information content (AvgIpc) is 2.66. The summed E-state index contributed by atoms with van der Waals surface area (Å²) in [5.74, 6) is 2.77. The summed E-state index contributed by atoms with van der Waals surface area (Å²) in [6.07, 6.45) is 6.00. The monoisotopic (exact) mass is 243 g/mol. The zero-order chi connectivity index (χ0) is 11.8. The lowest BCUT2D eigenvalue weighted by Crippen LogP contribution is -2.15. The minimum atomic E-state index is 0.659. The summed E-state index contributed by atoms with van der Waals surface area (Å²) in [6.45, 7) is 4.77. The van der Waals surface area contributed by atoms with E-state index in [0.717, 1.165) is 19.0 Å². The molecule has 1 unspecified atom stereocenters. The molecule has 0 spiro atoms. The molecule has 0 amide bonds. The molecule has 16 heavy (non-hydrogen) atoms. The Balaban J connectivity index is 2.43. The fraction of sp³-hybridized carbons (Fsp3) is 0.727. The number of anilines is 1. The van der Waals surface area contributed by atoms with Gasteiger partial charge in [-0.3, -0.25) is 0 Å². The van der Waals surface area contributed by atoms with Crippen molar-refractivity contribution in [2.24, 2.45) is 5.92 Å². The summed E-state index contributed by atoms with van der Waals surface area (Å²) < 4.78 is 7.16. The Morgan fingerprint density at radius 1 is 1.62 bits per heavy atom. The van der Waals surface area contributed by atoms with Gasteiger partial charge in [0.2, 0.25) is 5.95 Å². The molecule has 0 aliphatic rings. The van der Waals surface area contributed by atoms with Crippen molar-refractivity contribution < 1.29 is 4.74 Å². The average molecular weight is 243 g/mol. The maximum absolute atomic E-state index is 5.00. The quantitative estimate of drug-likeness (QED) is 0.708. The highest BCUT2D eigenvalue weighted by molar-refractivity contribution is 7.98. The fourth-order valence-electron chi connectivity index (χ4n) is 1.56. The molecule has 1 rings (SSSR count). The van der Waals surface area contributed by atoms with Gasteiger partial charge in [-0.05, 0) is 17.9 Å². The van der Waals surface area contributed by atoms with Gasteiger partial charge in [0.15, 0.2) is 0 Å². The van der Waals surface area contributed by atoms with Gasteiger partial charge in [-0.25, -0.2) is 4.98 Å². The second kappa shape index (κ2) is 7.57. The Labute approximate surface area is 102 Å². The van der Waals surface area contributed by atoms with Crippen LogP contribution in [0.2, 0.25) is 0 Å². The van der Waals surface area contributed by atoms with Crippen LogP contribution < -0.4 is 5.32 Å². The highest BCUT2D eigenvalue weighted by atomic mass is 32.2. The summed E-state index contributed by atoms with van der Waals surface area (Å²) in [4.78, 5) is 4.29. The van der Waals surface area contributed by atoms with Crippen LogP contribution in [0.4, 0.5) is 5.95 Å². The Morgan fingerprint density at radius 2 is 2.44 bits per heavy atom. The Kier molecular flexibility index (Phi) is 6.33. The number of thioether (sulfide) groups is 1. The first-order valence-electron chi connectivity index (χ1n) is 5.50. The minimum Gasteiger partial charge on any atom is -0.383 e. The molecule has 0 aliphatic heterocycles. The minimum absolute atomic E-state index is 0.659. The highest BCUT2D eigenvalue weighted by Gasteiger charge is 2.06. The third-order valence-electron chi connectivity index (χ3n) is 2.26. The molecule has 1 aromatic rings. The lowest BCUT2D eigenvalue weighted by Gasteiger charge is -2.13. The van der Waals surface area contributed by atoms with E-state index in [1.165, 1.54) is 5.75 Å². The van der Waals surface area contributed by atoms with Gasteiger partial charge in [0, 0.05) is 32.6 Å². The SMILES string of the molecule is COCCNc1nccn1CC(C)CSC. The van der Waals surface area contributed by atoms with Gasteiger partial charge in [-0.1, -0.05) is 6.92 Å². The van der Waals surface area contributed by atoms with E-state index in [-0.39, 0.29) is 0 Å². The third kappa shape index (κ3) is 4.45. The number of hydrogen-bond acceptors (Lipinski definition) is 4. The third-order valence-corrected chi connectivity index (χ3v) is 3.17. The zero-order valence-corrected chi connectivity index (χ0v) is 11.1. The van der Waals surface area contributed by atoms with E-state index in [0.29, 0.717) is 12.5 Å². The number of aromatic nitrogens is 2. The van der Waals surface area contributed by atoms with Gasteiger partial charge in [0.25, 0.3) is 0 Å². The number of rotatable bonds is 8. The zero-order valence-electron chi connectivity index (χ0n) is 10.3. The number of nitrogens with one attached hydrogen (secondary N) is 1. The highest BCUT2D eigenvalue weighted by Crippen LogP contribution is 2.11. The first-order valence-corrected chi connectivity index (χ1v) is 6.90. The first kappa shape index (κ1) is 13.4. The lowest BCUT2D eigenvalue weighted by atomic mass is 10.2. The molecule has 1 atom stereocenters. The summed E-state index contributed by atoms with van der Waals surface area (Å²) in [5.41, 5.74) is 0. The summed E-state index contributed by atoms with van der Waals surface area (Å²) in [5, 5.41) is 3.26. The number of imidazole rings is 1. The van der Waals surface area contributed by atoms with Crippen molar-refractivity contribution in [3.05, 3.63) is 12.4 Å². The Bertz CT molecular complexity index is 291. The van der Waals surface area contributed by atoms with Crippen LogP contribution in [0.15, 0.2) is 12.4 Å². The summed E-state index contributed by atoms with van der Waals surface area (Å²) in [7, 11) is 1.70. The van der Waals surface area contributed by atoms with E-state index in [1.54, 1.807) is 7.11 Å². The van der Waals surface area contributed by atoms with Crippen molar-refractivity contribution in [2.75, 3.05) is 37.6 Å². The molecule has 1 N–H and O–H groups in total. The molecule has 5 heteroatoms. The normalized spacial score (nSPS) is 12.7. The van der Waals surface area contributed by atoms with Gasteiger partial charge < -0.3 is 14.6 Å². The van der Waals surface area contributed by atoms with Crippen molar-refractivity contribution in [1.29, 1.82) is 0 Å². The van der Waals surface area contributed by atoms with E-state index in [1.807, 2.05) is 24.2 Å². The van der Waals surface area contributed by atoms with Crippen molar-refractivity contribution in [2.45, 2.75) is 13.5 Å². The number of ether oxygens (including phenoxy) is 1. The van der Waals surface area contributed by atoms with Gasteiger partial charge in [0.1, 0.15) is 0 Å². The molecular formula is C11H21N3OS. The Hall–Kier alpha value is -0.680. The van der Waals surface area contributed by atoms with Crippen molar-refractivity contribution in [3.8, 4) is 0 Å². The van der Waals surface area contributed by atoms with Gasteiger partial charge >= 0.3 is 0 Å². The predicted molar refractivity (Wildman–Crippen MR) is 70.1 cm³/mol. The van der Waals surface area contributed by atoms with Crippen LogP contribution in [0.3, 0.4) is 0 Å². The molecule has 0 saturated heterocycles. The largest absolute Gasteiger partial charge is 0.383 e. The van der Waals surface area contributed by atoms with Gasteiger partial charge in [-0.15, -0.1) is 0 Å². The molecule has 1 aromatic heterocycles. The smallest absolute Gasteiger partial charge is 0.202 e. The maximum atomic E-state index is 5.00. The van der Waals surface area contributed by atoms with Crippen LogP contribution in [0.25, 0.3) is 0 Å². The molecule has 92 valence electrons. The van der Waals surface area contributed by atoms with Crippen molar-refractivity contribution in [1.82, 2.24) is 9.55 Å². The number of methoxy groups -OCH3 is 1. The van der Waals surface area contributed by atoms with Crippen LogP contribution in [0.5, 0.6) is 0 Å². The standard InChI is InChI=1S/C11H21N3OS/c1-10(9-16-3)8-14-6-4-12-11(14)13-5-7-15-2/h4,6,10H,5,7-9H2,1-3H3,(H,12,13). The molecule has 0 aliphatic carbocycles. The fourth-order valence-corrected chi connectivity index (χ4v) is 2.24. The van der Waals surface area contributed by atoms with E-state index in [4.69, 9.17) is 4.74 Å². The maximum Gasteiger partial charge on any atom is 0.202 e. The van der Waals surface area contributed by atoms with Crippen LogP contribution in [0.1, 0.15) is 6.92 Å². The van der Waals surface area contributed by atoms with Crippen LogP contribution in [-0.4, -0.2) is 41.8 Å². The molecule has 0 fully saturated rings. The van der Waals surface area contributed by atoms with E-state index >= 15 is 0 Å². The predicted octanol–water partition coefficient (Wildman–Crippen LogP) is 1.94. The molecule has 0 bridgehead atoms. The van der Waals surface area contributed by atoms with E-state index in [9.17, 15) is 0 Å². The van der Waals surface area contributed by atoms with E-state index < -0.39 is 0 Å². The molecule has 4 nitrogen and oxygen atoms in total. The summed E-state index contributed by atoms with van der Waals surface area (Å²) in [6, 6.07) is 0. The second-order valence-corrected chi connectivity index (χ2v) is 4.79. The Morgan fingerprint density at radius 3 is 3.12 bits per heavy atom. The number of hydrogen-bond donors (Lipinski definition) is 1. The van der Waals surface area contributed by atoms with E-state index in [2.05, 4.69) is 28.0 Å². The van der Waals surface area contributed by atoms with Crippen LogP contribution >= 0.6 is 11.8 Å². The molecule has 0 aromatic carbocycles. The van der Waals surface area contributed by atoms with Crippen molar-refractivity contribution in [3.63, 3.8) is 0 Å². The van der Waals surface area contributed by atoms with Crippen LogP contribution in [-0.2, 0) is 11.3 Å². The van der Waals surface area contributed by atoms with Crippen molar-refractivity contribution >= 4 is 17.7 Å². The second-order valence-electron chi connectivity index (χ2n) is 3.88. The van der Waals surface area contributed by atoms with Gasteiger partial charge in [0.05, 0.1) is 6.61 Å². The summed E-state index contributed by atoms with van der Waals surface area (Å²) >= 11 is 1.88. The molecule has 0 saturated carbocycles. The first-order chi connectivity index (χ1) is 7.77.